The summed E-state index contributed by atoms with van der Waals surface area (Å²) in [7, 11) is 1.96. The molecule has 2 nitrogen and oxygen atoms in total. The van der Waals surface area contributed by atoms with E-state index in [2.05, 4.69) is 55.7 Å². The zero-order valence-corrected chi connectivity index (χ0v) is 11.6. The molecule has 1 aromatic carbocycles. The molecule has 0 saturated heterocycles. The standard InChI is InChI=1S/C15H26N2/c1-5-6-13-7-9-14(10-8-13)15(2,3)11-17-12-16-4/h7-10,16-17H,5-6,11-12H2,1-4H3. The zero-order valence-electron chi connectivity index (χ0n) is 11.6. The largest absolute Gasteiger partial charge is 0.308 e. The van der Waals surface area contributed by atoms with Crippen LogP contribution in [0.2, 0.25) is 0 Å². The average molecular weight is 234 g/mol. The lowest BCUT2D eigenvalue weighted by molar-refractivity contribution is 0.460. The van der Waals surface area contributed by atoms with E-state index in [1.165, 1.54) is 24.0 Å². The van der Waals surface area contributed by atoms with Crippen LogP contribution < -0.4 is 10.6 Å². The second kappa shape index (κ2) is 6.77. The molecule has 0 heterocycles. The van der Waals surface area contributed by atoms with Gasteiger partial charge in [0.05, 0.1) is 0 Å². The van der Waals surface area contributed by atoms with Gasteiger partial charge in [-0.1, -0.05) is 51.5 Å². The van der Waals surface area contributed by atoms with Gasteiger partial charge >= 0.3 is 0 Å². The van der Waals surface area contributed by atoms with Crippen molar-refractivity contribution in [2.45, 2.75) is 39.0 Å². The maximum absolute atomic E-state index is 3.40. The molecule has 0 radical (unpaired) electrons. The molecule has 0 unspecified atom stereocenters. The lowest BCUT2D eigenvalue weighted by Gasteiger charge is -2.26. The van der Waals surface area contributed by atoms with Gasteiger partial charge in [-0.05, 0) is 24.6 Å². The smallest absolute Gasteiger partial charge is 0.0452 e. The predicted octanol–water partition coefficient (Wildman–Crippen LogP) is 2.68. The molecule has 17 heavy (non-hydrogen) atoms. The van der Waals surface area contributed by atoms with E-state index in [0.717, 1.165) is 13.2 Å². The van der Waals surface area contributed by atoms with Crippen molar-refractivity contribution in [3.8, 4) is 0 Å². The van der Waals surface area contributed by atoms with Crippen molar-refractivity contribution in [3.05, 3.63) is 35.4 Å². The molecular weight excluding hydrogens is 208 g/mol. The van der Waals surface area contributed by atoms with E-state index in [0.29, 0.717) is 0 Å². The van der Waals surface area contributed by atoms with Crippen molar-refractivity contribution in [1.82, 2.24) is 10.6 Å². The maximum Gasteiger partial charge on any atom is 0.0452 e. The molecule has 0 spiro atoms. The molecule has 96 valence electrons. The summed E-state index contributed by atoms with van der Waals surface area (Å²) in [5.74, 6) is 0. The molecule has 0 fully saturated rings. The molecule has 0 bridgehead atoms. The fourth-order valence-corrected chi connectivity index (χ4v) is 2.01. The Labute approximate surface area is 106 Å². The van der Waals surface area contributed by atoms with Gasteiger partial charge in [-0.15, -0.1) is 0 Å². The summed E-state index contributed by atoms with van der Waals surface area (Å²) in [5, 5.41) is 6.51. The number of nitrogens with one attached hydrogen (secondary N) is 2. The van der Waals surface area contributed by atoms with E-state index < -0.39 is 0 Å². The van der Waals surface area contributed by atoms with Crippen LogP contribution in [0.3, 0.4) is 0 Å². The monoisotopic (exact) mass is 234 g/mol. The summed E-state index contributed by atoms with van der Waals surface area (Å²) in [6.07, 6.45) is 2.39. The molecule has 0 aliphatic carbocycles. The van der Waals surface area contributed by atoms with E-state index in [4.69, 9.17) is 0 Å². The predicted molar refractivity (Wildman–Crippen MR) is 75.4 cm³/mol. The molecule has 1 aromatic rings. The second-order valence-corrected chi connectivity index (χ2v) is 5.29. The van der Waals surface area contributed by atoms with Crippen molar-refractivity contribution in [2.24, 2.45) is 0 Å². The van der Waals surface area contributed by atoms with Gasteiger partial charge in [-0.3, -0.25) is 0 Å². The molecular formula is C15H26N2. The average Bonchev–Trinajstić information content (AvgIpc) is 2.30. The number of benzene rings is 1. The second-order valence-electron chi connectivity index (χ2n) is 5.29. The third-order valence-corrected chi connectivity index (χ3v) is 3.14. The molecule has 0 atom stereocenters. The van der Waals surface area contributed by atoms with Crippen LogP contribution in [0.4, 0.5) is 0 Å². The van der Waals surface area contributed by atoms with Crippen LogP contribution in [0.5, 0.6) is 0 Å². The molecule has 2 N–H and O–H groups in total. The van der Waals surface area contributed by atoms with Crippen molar-refractivity contribution in [3.63, 3.8) is 0 Å². The Bertz CT molecular complexity index is 314. The van der Waals surface area contributed by atoms with Gasteiger partial charge in [-0.25, -0.2) is 0 Å². The Hall–Kier alpha value is -0.860. The Morgan fingerprint density at radius 2 is 1.76 bits per heavy atom. The molecule has 0 amide bonds. The third-order valence-electron chi connectivity index (χ3n) is 3.14. The molecule has 1 rings (SSSR count). The maximum atomic E-state index is 3.40. The number of hydrogen-bond acceptors (Lipinski definition) is 2. The topological polar surface area (TPSA) is 24.1 Å². The molecule has 0 aliphatic rings. The summed E-state index contributed by atoms with van der Waals surface area (Å²) in [6, 6.07) is 9.06. The quantitative estimate of drug-likeness (QED) is 0.560. The Morgan fingerprint density at radius 1 is 1.12 bits per heavy atom. The van der Waals surface area contributed by atoms with Crippen molar-refractivity contribution in [1.29, 1.82) is 0 Å². The van der Waals surface area contributed by atoms with E-state index in [9.17, 15) is 0 Å². The first-order chi connectivity index (χ1) is 8.10. The van der Waals surface area contributed by atoms with Gasteiger partial charge in [0.2, 0.25) is 0 Å². The molecule has 0 saturated carbocycles. The van der Waals surface area contributed by atoms with Gasteiger partial charge in [0.25, 0.3) is 0 Å². The minimum Gasteiger partial charge on any atom is -0.308 e. The van der Waals surface area contributed by atoms with Gasteiger partial charge in [0, 0.05) is 18.6 Å². The van der Waals surface area contributed by atoms with Crippen LogP contribution in [0.1, 0.15) is 38.3 Å². The highest BCUT2D eigenvalue weighted by Crippen LogP contribution is 2.22. The SMILES string of the molecule is CCCc1ccc(C(C)(C)CNCNC)cc1. The van der Waals surface area contributed by atoms with Crippen molar-refractivity contribution >= 4 is 0 Å². The summed E-state index contributed by atoms with van der Waals surface area (Å²) < 4.78 is 0. The van der Waals surface area contributed by atoms with E-state index in [1.807, 2.05) is 7.05 Å². The molecule has 2 heteroatoms. The van der Waals surface area contributed by atoms with Gasteiger partial charge in [0.15, 0.2) is 0 Å². The summed E-state index contributed by atoms with van der Waals surface area (Å²) in [4.78, 5) is 0. The van der Waals surface area contributed by atoms with Crippen LogP contribution in [-0.2, 0) is 11.8 Å². The van der Waals surface area contributed by atoms with E-state index in [-0.39, 0.29) is 5.41 Å². The molecule has 0 aliphatic heterocycles. The van der Waals surface area contributed by atoms with Crippen LogP contribution in [-0.4, -0.2) is 20.3 Å². The van der Waals surface area contributed by atoms with Gasteiger partial charge in [0.1, 0.15) is 0 Å². The van der Waals surface area contributed by atoms with E-state index >= 15 is 0 Å². The highest BCUT2D eigenvalue weighted by Gasteiger charge is 2.19. The lowest BCUT2D eigenvalue weighted by atomic mass is 9.84. The molecule has 0 aromatic heterocycles. The Morgan fingerprint density at radius 3 is 2.29 bits per heavy atom. The first-order valence-electron chi connectivity index (χ1n) is 6.55. The highest BCUT2D eigenvalue weighted by molar-refractivity contribution is 5.28. The minimum absolute atomic E-state index is 0.182. The highest BCUT2D eigenvalue weighted by atomic mass is 15.0. The number of rotatable bonds is 7. The third kappa shape index (κ3) is 4.49. The van der Waals surface area contributed by atoms with Crippen LogP contribution >= 0.6 is 0 Å². The van der Waals surface area contributed by atoms with Crippen molar-refractivity contribution < 1.29 is 0 Å². The van der Waals surface area contributed by atoms with E-state index in [1.54, 1.807) is 0 Å². The summed E-state index contributed by atoms with van der Waals surface area (Å²) >= 11 is 0. The minimum atomic E-state index is 0.182. The first-order valence-corrected chi connectivity index (χ1v) is 6.55. The van der Waals surface area contributed by atoms with Crippen LogP contribution in [0.25, 0.3) is 0 Å². The summed E-state index contributed by atoms with van der Waals surface area (Å²) in [6.45, 7) is 8.63. The Balaban J connectivity index is 2.63. The number of hydrogen-bond donors (Lipinski definition) is 2. The van der Waals surface area contributed by atoms with Gasteiger partial charge < -0.3 is 10.6 Å². The Kier molecular flexibility index (Phi) is 5.66. The normalized spacial score (nSPS) is 11.8. The van der Waals surface area contributed by atoms with Crippen LogP contribution in [0.15, 0.2) is 24.3 Å². The van der Waals surface area contributed by atoms with Gasteiger partial charge in [-0.2, -0.15) is 0 Å². The van der Waals surface area contributed by atoms with Crippen molar-refractivity contribution in [2.75, 3.05) is 20.3 Å². The summed E-state index contributed by atoms with van der Waals surface area (Å²) in [5.41, 5.74) is 3.03. The lowest BCUT2D eigenvalue weighted by Crippen LogP contribution is -2.37. The number of aryl methyl sites for hydroxylation is 1. The fourth-order valence-electron chi connectivity index (χ4n) is 2.01. The van der Waals surface area contributed by atoms with Crippen LogP contribution in [0, 0.1) is 0 Å². The fraction of sp³-hybridized carbons (Fsp3) is 0.600. The first kappa shape index (κ1) is 14.2. The zero-order chi connectivity index (χ0) is 12.7.